The standard InChI is InChI=1S/C15H23N3O4S.ClH/c1-22-10-9-17-23(20,21)14-4-2-3-12(11-14)15(19)18-13-5-7-16-8-6-13;/h2-4,11,13,16-17H,5-10H2,1H3,(H,18,19);1H. The highest BCUT2D eigenvalue weighted by atomic mass is 35.5. The van der Waals surface area contributed by atoms with Crippen LogP contribution in [0.5, 0.6) is 0 Å². The van der Waals surface area contributed by atoms with E-state index in [0.717, 1.165) is 25.9 Å². The summed E-state index contributed by atoms with van der Waals surface area (Å²) in [5.41, 5.74) is 0.346. The molecule has 0 saturated carbocycles. The number of piperidine rings is 1. The first-order valence-corrected chi connectivity index (χ1v) is 9.11. The van der Waals surface area contributed by atoms with Crippen LogP contribution in [0.1, 0.15) is 23.2 Å². The van der Waals surface area contributed by atoms with Gasteiger partial charge in [0, 0.05) is 25.3 Å². The van der Waals surface area contributed by atoms with Gasteiger partial charge in [-0.1, -0.05) is 6.07 Å². The maximum atomic E-state index is 12.3. The van der Waals surface area contributed by atoms with Crippen LogP contribution < -0.4 is 15.4 Å². The van der Waals surface area contributed by atoms with Crippen LogP contribution in [0.2, 0.25) is 0 Å². The fourth-order valence-corrected chi connectivity index (χ4v) is 3.46. The molecule has 1 aromatic carbocycles. The Morgan fingerprint density at radius 1 is 1.33 bits per heavy atom. The number of benzene rings is 1. The van der Waals surface area contributed by atoms with Crippen LogP contribution in [0.3, 0.4) is 0 Å². The van der Waals surface area contributed by atoms with Crippen LogP contribution in [0.15, 0.2) is 29.2 Å². The van der Waals surface area contributed by atoms with E-state index in [1.165, 1.54) is 19.2 Å². The van der Waals surface area contributed by atoms with Crippen LogP contribution >= 0.6 is 12.4 Å². The van der Waals surface area contributed by atoms with Crippen molar-refractivity contribution in [1.29, 1.82) is 0 Å². The molecule has 1 amide bonds. The number of amides is 1. The van der Waals surface area contributed by atoms with Gasteiger partial charge in [-0.2, -0.15) is 0 Å². The van der Waals surface area contributed by atoms with E-state index in [1.807, 2.05) is 0 Å². The van der Waals surface area contributed by atoms with E-state index in [2.05, 4.69) is 15.4 Å². The average Bonchev–Trinajstić information content (AvgIpc) is 2.56. The first-order valence-electron chi connectivity index (χ1n) is 7.63. The molecule has 0 radical (unpaired) electrons. The van der Waals surface area contributed by atoms with Crippen LogP contribution in [0.4, 0.5) is 0 Å². The number of sulfonamides is 1. The Labute approximate surface area is 149 Å². The lowest BCUT2D eigenvalue weighted by atomic mass is 10.1. The third-order valence-corrected chi connectivity index (χ3v) is 5.14. The molecule has 1 aliphatic rings. The zero-order chi connectivity index (χ0) is 16.7. The molecular weight excluding hydrogens is 354 g/mol. The number of ether oxygens (including phenoxy) is 1. The third-order valence-electron chi connectivity index (χ3n) is 3.68. The highest BCUT2D eigenvalue weighted by Crippen LogP contribution is 2.12. The summed E-state index contributed by atoms with van der Waals surface area (Å²) in [6, 6.07) is 6.18. The first-order chi connectivity index (χ1) is 11.0. The predicted octanol–water partition coefficient (Wildman–Crippen LogP) is 0.515. The second kappa shape index (κ2) is 9.95. The maximum absolute atomic E-state index is 12.3. The van der Waals surface area contributed by atoms with E-state index >= 15 is 0 Å². The topological polar surface area (TPSA) is 96.5 Å². The molecule has 24 heavy (non-hydrogen) atoms. The van der Waals surface area contributed by atoms with Gasteiger partial charge >= 0.3 is 0 Å². The first kappa shape index (κ1) is 20.9. The van der Waals surface area contributed by atoms with E-state index in [9.17, 15) is 13.2 Å². The van der Waals surface area contributed by atoms with Gasteiger partial charge < -0.3 is 15.4 Å². The number of nitrogens with one attached hydrogen (secondary N) is 3. The Balaban J connectivity index is 0.00000288. The number of rotatable bonds is 7. The normalized spacial score (nSPS) is 15.5. The van der Waals surface area contributed by atoms with Gasteiger partial charge in [0.05, 0.1) is 11.5 Å². The van der Waals surface area contributed by atoms with Crippen LogP contribution in [0.25, 0.3) is 0 Å². The monoisotopic (exact) mass is 377 g/mol. The fourth-order valence-electron chi connectivity index (χ4n) is 2.40. The SMILES string of the molecule is COCCNS(=O)(=O)c1cccc(C(=O)NC2CCNCC2)c1.Cl. The van der Waals surface area contributed by atoms with Crippen molar-refractivity contribution < 1.29 is 17.9 Å². The van der Waals surface area contributed by atoms with E-state index < -0.39 is 10.0 Å². The molecule has 0 spiro atoms. The maximum Gasteiger partial charge on any atom is 0.251 e. The predicted molar refractivity (Wildman–Crippen MR) is 94.1 cm³/mol. The molecule has 3 N–H and O–H groups in total. The molecule has 9 heteroatoms. The molecule has 136 valence electrons. The van der Waals surface area contributed by atoms with Gasteiger partial charge in [-0.05, 0) is 44.1 Å². The van der Waals surface area contributed by atoms with Crippen molar-refractivity contribution in [3.8, 4) is 0 Å². The number of halogens is 1. The lowest BCUT2D eigenvalue weighted by Gasteiger charge is -2.23. The summed E-state index contributed by atoms with van der Waals surface area (Å²) < 4.78 is 31.6. The largest absolute Gasteiger partial charge is 0.383 e. The molecule has 1 aromatic rings. The molecule has 1 aliphatic heterocycles. The minimum absolute atomic E-state index is 0. The van der Waals surface area contributed by atoms with Crippen molar-refractivity contribution in [3.05, 3.63) is 29.8 Å². The lowest BCUT2D eigenvalue weighted by molar-refractivity contribution is 0.0929. The zero-order valence-electron chi connectivity index (χ0n) is 13.6. The number of hydrogen-bond donors (Lipinski definition) is 3. The molecule has 1 fully saturated rings. The number of hydrogen-bond acceptors (Lipinski definition) is 5. The van der Waals surface area contributed by atoms with Crippen LogP contribution in [-0.4, -0.2) is 53.7 Å². The van der Waals surface area contributed by atoms with Gasteiger partial charge in [-0.25, -0.2) is 13.1 Å². The van der Waals surface area contributed by atoms with Gasteiger partial charge in [-0.15, -0.1) is 12.4 Å². The number of methoxy groups -OCH3 is 1. The average molecular weight is 378 g/mol. The Kier molecular flexibility index (Phi) is 8.65. The molecule has 0 unspecified atom stereocenters. The van der Waals surface area contributed by atoms with Crippen molar-refractivity contribution in [1.82, 2.24) is 15.4 Å². The number of carbonyl (C=O) groups is 1. The molecule has 1 saturated heterocycles. The van der Waals surface area contributed by atoms with E-state index in [4.69, 9.17) is 4.74 Å². The summed E-state index contributed by atoms with van der Waals surface area (Å²) >= 11 is 0. The molecule has 0 bridgehead atoms. The molecule has 0 aromatic heterocycles. The minimum Gasteiger partial charge on any atom is -0.383 e. The molecule has 2 rings (SSSR count). The van der Waals surface area contributed by atoms with Crippen molar-refractivity contribution in [3.63, 3.8) is 0 Å². The number of carbonyl (C=O) groups excluding carboxylic acids is 1. The van der Waals surface area contributed by atoms with E-state index in [-0.39, 0.29) is 42.4 Å². The van der Waals surface area contributed by atoms with Gasteiger partial charge in [-0.3, -0.25) is 4.79 Å². The molecule has 1 heterocycles. The summed E-state index contributed by atoms with van der Waals surface area (Å²) in [6.07, 6.45) is 1.75. The second-order valence-electron chi connectivity index (χ2n) is 5.42. The van der Waals surface area contributed by atoms with E-state index in [1.54, 1.807) is 12.1 Å². The Hall–Kier alpha value is -1.19. The Bertz CT molecular complexity index is 633. The Morgan fingerprint density at radius 3 is 2.71 bits per heavy atom. The van der Waals surface area contributed by atoms with Gasteiger partial charge in [0.1, 0.15) is 0 Å². The van der Waals surface area contributed by atoms with Crippen LogP contribution in [0, 0.1) is 0 Å². The molecule has 0 aliphatic carbocycles. The summed E-state index contributed by atoms with van der Waals surface area (Å²) in [7, 11) is -2.14. The van der Waals surface area contributed by atoms with Crippen LogP contribution in [-0.2, 0) is 14.8 Å². The summed E-state index contributed by atoms with van der Waals surface area (Å²) in [5.74, 6) is -0.245. The summed E-state index contributed by atoms with van der Waals surface area (Å²) in [5, 5.41) is 6.18. The van der Waals surface area contributed by atoms with Gasteiger partial charge in [0.25, 0.3) is 5.91 Å². The van der Waals surface area contributed by atoms with Crippen molar-refractivity contribution in [2.45, 2.75) is 23.8 Å². The highest BCUT2D eigenvalue weighted by molar-refractivity contribution is 7.89. The second-order valence-corrected chi connectivity index (χ2v) is 7.18. The molecule has 7 nitrogen and oxygen atoms in total. The molecule has 0 atom stereocenters. The molecular formula is C15H24ClN3O4S. The van der Waals surface area contributed by atoms with Crippen molar-refractivity contribution in [2.24, 2.45) is 0 Å². The van der Waals surface area contributed by atoms with Gasteiger partial charge in [0.2, 0.25) is 10.0 Å². The van der Waals surface area contributed by atoms with E-state index in [0.29, 0.717) is 5.56 Å². The summed E-state index contributed by atoms with van der Waals surface area (Å²) in [6.45, 7) is 2.23. The quantitative estimate of drug-likeness (QED) is 0.602. The van der Waals surface area contributed by atoms with Crippen molar-refractivity contribution in [2.75, 3.05) is 33.4 Å². The smallest absolute Gasteiger partial charge is 0.251 e. The highest BCUT2D eigenvalue weighted by Gasteiger charge is 2.19. The lowest BCUT2D eigenvalue weighted by Crippen LogP contribution is -2.42. The zero-order valence-corrected chi connectivity index (χ0v) is 15.2. The van der Waals surface area contributed by atoms with Crippen molar-refractivity contribution >= 4 is 28.3 Å². The third kappa shape index (κ3) is 6.03. The minimum atomic E-state index is -3.64. The Morgan fingerprint density at radius 2 is 2.04 bits per heavy atom. The fraction of sp³-hybridized carbons (Fsp3) is 0.533. The summed E-state index contributed by atoms with van der Waals surface area (Å²) in [4.78, 5) is 12.4. The van der Waals surface area contributed by atoms with Gasteiger partial charge in [0.15, 0.2) is 0 Å².